The van der Waals surface area contributed by atoms with Crippen LogP contribution >= 0.6 is 0 Å². The van der Waals surface area contributed by atoms with Gasteiger partial charge in [0.25, 0.3) is 11.7 Å². The number of fused-ring (bicyclic) bond motifs is 1. The van der Waals surface area contributed by atoms with Crippen LogP contribution in [-0.2, 0) is 24.3 Å². The van der Waals surface area contributed by atoms with Gasteiger partial charge in [-0.1, -0.05) is 29.8 Å². The van der Waals surface area contributed by atoms with E-state index in [1.54, 1.807) is 24.3 Å². The molecule has 2 aromatic carbocycles. The van der Waals surface area contributed by atoms with Gasteiger partial charge in [-0.15, -0.1) is 0 Å². The van der Waals surface area contributed by atoms with Crippen LogP contribution in [0.3, 0.4) is 0 Å². The molecule has 0 saturated carbocycles. The number of aromatic nitrogens is 2. The lowest BCUT2D eigenvalue weighted by atomic mass is 10.1. The number of imidazole rings is 1. The van der Waals surface area contributed by atoms with Gasteiger partial charge >= 0.3 is 0 Å². The van der Waals surface area contributed by atoms with Gasteiger partial charge in [0.05, 0.1) is 13.0 Å². The van der Waals surface area contributed by atoms with Crippen LogP contribution < -0.4 is 9.88 Å². The quantitative estimate of drug-likeness (QED) is 0.549. The smallest absolute Gasteiger partial charge is 0.266 e. The number of benzene rings is 2. The molecule has 0 bridgehead atoms. The first-order valence-electron chi connectivity index (χ1n) is 9.61. The van der Waals surface area contributed by atoms with Crippen molar-refractivity contribution in [2.24, 2.45) is 0 Å². The van der Waals surface area contributed by atoms with Crippen LogP contribution in [0.15, 0.2) is 54.7 Å². The molecular formula is C23H24N3O2+. The summed E-state index contributed by atoms with van der Waals surface area (Å²) in [6.07, 6.45) is 4.16. The zero-order chi connectivity index (χ0) is 19.7. The number of Topliss-reactive ketones (excluding diaryl/α,β-unsaturated/α-hetero) is 1. The second-order valence-electron chi connectivity index (χ2n) is 7.36. The van der Waals surface area contributed by atoms with Gasteiger partial charge in [-0.25, -0.2) is 9.13 Å². The molecule has 0 atom stereocenters. The summed E-state index contributed by atoms with van der Waals surface area (Å²) in [5.41, 5.74) is 4.91. The lowest BCUT2D eigenvalue weighted by molar-refractivity contribution is -0.690. The zero-order valence-corrected chi connectivity index (χ0v) is 16.2. The van der Waals surface area contributed by atoms with Crippen molar-refractivity contribution in [1.82, 2.24) is 4.57 Å². The summed E-state index contributed by atoms with van der Waals surface area (Å²) in [5, 5.41) is 2.92. The third-order valence-electron chi connectivity index (χ3n) is 5.23. The van der Waals surface area contributed by atoms with Gasteiger partial charge in [0.15, 0.2) is 18.0 Å². The molecule has 0 unspecified atom stereocenters. The monoisotopic (exact) mass is 374 g/mol. The number of amides is 1. The van der Waals surface area contributed by atoms with Crippen LogP contribution in [0.2, 0.25) is 0 Å². The summed E-state index contributed by atoms with van der Waals surface area (Å²) in [6.45, 7) is 4.87. The number of hydrogen-bond donors (Lipinski definition) is 1. The zero-order valence-electron chi connectivity index (χ0n) is 16.2. The fraction of sp³-hybridized carbons (Fsp3) is 0.261. The topological polar surface area (TPSA) is 55.0 Å². The predicted molar refractivity (Wildman–Crippen MR) is 108 cm³/mol. The Morgan fingerprint density at radius 3 is 2.46 bits per heavy atom. The third kappa shape index (κ3) is 3.60. The number of nitrogens with one attached hydrogen (secondary N) is 1. The second-order valence-corrected chi connectivity index (χ2v) is 7.36. The summed E-state index contributed by atoms with van der Waals surface area (Å²) in [6, 6.07) is 15.5. The first kappa shape index (κ1) is 18.2. The van der Waals surface area contributed by atoms with Gasteiger partial charge in [0.1, 0.15) is 6.20 Å². The van der Waals surface area contributed by atoms with Crippen molar-refractivity contribution in [3.8, 4) is 11.3 Å². The molecule has 28 heavy (non-hydrogen) atoms. The van der Waals surface area contributed by atoms with Crippen LogP contribution in [0.1, 0.15) is 35.1 Å². The number of ketones is 1. The van der Waals surface area contributed by atoms with Gasteiger partial charge in [-0.3, -0.25) is 9.59 Å². The summed E-state index contributed by atoms with van der Waals surface area (Å²) < 4.78 is 4.38. The molecule has 0 radical (unpaired) electrons. The molecule has 1 amide bonds. The van der Waals surface area contributed by atoms with E-state index in [9.17, 15) is 9.59 Å². The maximum Gasteiger partial charge on any atom is 0.266 e. The van der Waals surface area contributed by atoms with Crippen molar-refractivity contribution in [3.63, 3.8) is 0 Å². The number of hydrogen-bond acceptors (Lipinski definition) is 2. The molecule has 1 aromatic heterocycles. The molecule has 2 heterocycles. The first-order valence-corrected chi connectivity index (χ1v) is 9.61. The van der Waals surface area contributed by atoms with Gasteiger partial charge in [0, 0.05) is 16.8 Å². The Hall–Kier alpha value is -3.21. The van der Waals surface area contributed by atoms with Crippen molar-refractivity contribution >= 4 is 17.4 Å². The molecular weight excluding hydrogens is 350 g/mol. The minimum atomic E-state index is -0.0728. The Morgan fingerprint density at radius 2 is 1.79 bits per heavy atom. The highest BCUT2D eigenvalue weighted by molar-refractivity contribution is 5.95. The normalized spacial score (nSPS) is 12.6. The Morgan fingerprint density at radius 1 is 1.07 bits per heavy atom. The van der Waals surface area contributed by atoms with Gasteiger partial charge in [0.2, 0.25) is 0 Å². The molecule has 142 valence electrons. The largest absolute Gasteiger partial charge is 0.323 e. The molecule has 3 aromatic rings. The van der Waals surface area contributed by atoms with E-state index in [1.807, 2.05) is 0 Å². The highest BCUT2D eigenvalue weighted by Gasteiger charge is 2.29. The minimum absolute atomic E-state index is 0.0152. The van der Waals surface area contributed by atoms with Crippen molar-refractivity contribution in [3.05, 3.63) is 71.7 Å². The maximum absolute atomic E-state index is 12.6. The summed E-state index contributed by atoms with van der Waals surface area (Å²) in [7, 11) is 0. The standard InChI is InChI=1S/C23H23N3O2/c1-16-5-7-19(8-6-16)21-14-25(23-4-3-13-26(21)23)15-22(28)24-20-11-9-18(10-12-20)17(2)27/h5-12,14H,3-4,13,15H2,1-2H3/p+1. The van der Waals surface area contributed by atoms with Crippen LogP contribution in [0.25, 0.3) is 11.3 Å². The Bertz CT molecular complexity index is 1030. The molecule has 1 aliphatic heterocycles. The van der Waals surface area contributed by atoms with Crippen LogP contribution in [0.4, 0.5) is 5.69 Å². The van der Waals surface area contributed by atoms with E-state index in [0.29, 0.717) is 11.3 Å². The fourth-order valence-corrected chi connectivity index (χ4v) is 3.74. The van der Waals surface area contributed by atoms with E-state index in [0.717, 1.165) is 25.1 Å². The van der Waals surface area contributed by atoms with E-state index < -0.39 is 0 Å². The highest BCUT2D eigenvalue weighted by atomic mass is 16.2. The summed E-state index contributed by atoms with van der Waals surface area (Å²) in [4.78, 5) is 24.0. The van der Waals surface area contributed by atoms with E-state index in [4.69, 9.17) is 0 Å². The SMILES string of the molecule is CC(=O)c1ccc(NC(=O)C[n+]2cc(-c3ccc(C)cc3)n3c2CCC3)cc1. The van der Waals surface area contributed by atoms with E-state index in [1.165, 1.54) is 23.9 Å². The molecule has 0 aliphatic carbocycles. The Balaban J connectivity index is 1.53. The molecule has 0 fully saturated rings. The lowest BCUT2D eigenvalue weighted by Crippen LogP contribution is -2.42. The van der Waals surface area contributed by atoms with Crippen molar-refractivity contribution in [1.29, 1.82) is 0 Å². The Kier molecular flexibility index (Phi) is 4.82. The van der Waals surface area contributed by atoms with Crippen LogP contribution in [0.5, 0.6) is 0 Å². The molecule has 5 nitrogen and oxygen atoms in total. The van der Waals surface area contributed by atoms with Gasteiger partial charge in [-0.05, 0) is 44.5 Å². The molecule has 5 heteroatoms. The van der Waals surface area contributed by atoms with Gasteiger partial charge < -0.3 is 5.32 Å². The molecule has 1 aliphatic rings. The van der Waals surface area contributed by atoms with E-state index >= 15 is 0 Å². The number of nitrogens with zero attached hydrogens (tertiary/aromatic N) is 2. The van der Waals surface area contributed by atoms with Gasteiger partial charge in [-0.2, -0.15) is 0 Å². The summed E-state index contributed by atoms with van der Waals surface area (Å²) >= 11 is 0. The number of carbonyl (C=O) groups is 2. The number of rotatable bonds is 5. The highest BCUT2D eigenvalue weighted by Crippen LogP contribution is 2.25. The second kappa shape index (κ2) is 7.43. The van der Waals surface area contributed by atoms with Crippen LogP contribution in [0, 0.1) is 6.92 Å². The average molecular weight is 374 g/mol. The molecule has 0 saturated heterocycles. The molecule has 0 spiro atoms. The molecule has 4 rings (SSSR count). The Labute approximate surface area is 164 Å². The van der Waals surface area contributed by atoms with Crippen molar-refractivity contribution in [2.75, 3.05) is 5.32 Å². The van der Waals surface area contributed by atoms with Crippen molar-refractivity contribution in [2.45, 2.75) is 39.8 Å². The lowest BCUT2D eigenvalue weighted by Gasteiger charge is -2.05. The van der Waals surface area contributed by atoms with E-state index in [-0.39, 0.29) is 18.2 Å². The molecule has 1 N–H and O–H groups in total. The number of carbonyl (C=O) groups excluding carboxylic acids is 2. The van der Waals surface area contributed by atoms with Crippen molar-refractivity contribution < 1.29 is 14.2 Å². The predicted octanol–water partition coefficient (Wildman–Crippen LogP) is 3.54. The average Bonchev–Trinajstić information content (AvgIpc) is 3.27. The fourth-order valence-electron chi connectivity index (χ4n) is 3.74. The number of anilines is 1. The maximum atomic E-state index is 12.6. The summed E-state index contributed by atoms with van der Waals surface area (Å²) in [5.74, 6) is 1.13. The number of aryl methyl sites for hydroxylation is 1. The third-order valence-corrected chi connectivity index (χ3v) is 5.23. The van der Waals surface area contributed by atoms with E-state index in [2.05, 4.69) is 51.8 Å². The van der Waals surface area contributed by atoms with Crippen LogP contribution in [-0.4, -0.2) is 16.3 Å². The first-order chi connectivity index (χ1) is 13.5. The minimum Gasteiger partial charge on any atom is -0.323 e.